The van der Waals surface area contributed by atoms with E-state index in [0.717, 1.165) is 25.2 Å². The number of rotatable bonds is 10. The highest BCUT2D eigenvalue weighted by molar-refractivity contribution is 14.0. The second-order valence-electron chi connectivity index (χ2n) is 7.18. The maximum absolute atomic E-state index is 10.6. The lowest BCUT2D eigenvalue weighted by molar-refractivity contribution is 0.186. The van der Waals surface area contributed by atoms with E-state index in [0.29, 0.717) is 23.0 Å². The first-order valence-corrected chi connectivity index (χ1v) is 10.6. The van der Waals surface area contributed by atoms with Gasteiger partial charge >= 0.3 is 0 Å². The van der Waals surface area contributed by atoms with Crippen molar-refractivity contribution in [1.82, 2.24) is 20.4 Å². The van der Waals surface area contributed by atoms with E-state index in [1.54, 1.807) is 38.6 Å². The summed E-state index contributed by atoms with van der Waals surface area (Å²) in [5.41, 5.74) is 2.94. The molecule has 1 heterocycles. The van der Waals surface area contributed by atoms with Crippen LogP contribution in [0.3, 0.4) is 0 Å². The van der Waals surface area contributed by atoms with Gasteiger partial charge in [-0.2, -0.15) is 5.10 Å². The van der Waals surface area contributed by atoms with Crippen molar-refractivity contribution in [2.45, 2.75) is 19.4 Å². The molecular formula is C24H32IN5O3. The van der Waals surface area contributed by atoms with Crippen molar-refractivity contribution in [3.05, 3.63) is 72.1 Å². The minimum atomic E-state index is -0.774. The van der Waals surface area contributed by atoms with Crippen LogP contribution in [0.25, 0.3) is 5.69 Å². The maximum Gasteiger partial charge on any atom is 0.191 e. The first kappa shape index (κ1) is 26.5. The summed E-state index contributed by atoms with van der Waals surface area (Å²) >= 11 is 0. The number of hydrogen-bond acceptors (Lipinski definition) is 5. The molecule has 3 N–H and O–H groups in total. The molecule has 0 aliphatic carbocycles. The zero-order valence-electron chi connectivity index (χ0n) is 19.2. The summed E-state index contributed by atoms with van der Waals surface area (Å²) in [6.45, 7) is 3.67. The lowest BCUT2D eigenvalue weighted by Crippen LogP contribution is -2.38. The summed E-state index contributed by atoms with van der Waals surface area (Å²) in [4.78, 5) is 4.53. The fraction of sp³-hybridized carbons (Fsp3) is 0.333. The quantitative estimate of drug-likeness (QED) is 0.199. The van der Waals surface area contributed by atoms with Gasteiger partial charge in [-0.25, -0.2) is 4.68 Å². The highest BCUT2D eigenvalue weighted by Crippen LogP contribution is 2.26. The molecule has 1 aromatic heterocycles. The molecular weight excluding hydrogens is 533 g/mol. The van der Waals surface area contributed by atoms with Crippen LogP contribution < -0.4 is 20.1 Å². The Kier molecular flexibility index (Phi) is 11.0. The van der Waals surface area contributed by atoms with Gasteiger partial charge in [0.1, 0.15) is 11.5 Å². The Morgan fingerprint density at radius 2 is 1.79 bits per heavy atom. The zero-order chi connectivity index (χ0) is 22.8. The van der Waals surface area contributed by atoms with Crippen LogP contribution in [-0.2, 0) is 6.42 Å². The van der Waals surface area contributed by atoms with Gasteiger partial charge in [-0.15, -0.1) is 24.0 Å². The summed E-state index contributed by atoms with van der Waals surface area (Å²) in [6, 6.07) is 15.6. The standard InChI is InChI=1S/C24H31N5O3.HI/c1-4-25-24(27-17-23(30)19-14-21(31-2)16-22(15-19)32-3)26-12-10-18-6-8-20(9-7-18)29-13-5-11-28-29;/h5-9,11,13-16,23,30H,4,10,12,17H2,1-3H3,(H2,25,26,27);1H. The smallest absolute Gasteiger partial charge is 0.191 e. The van der Waals surface area contributed by atoms with E-state index in [-0.39, 0.29) is 30.5 Å². The van der Waals surface area contributed by atoms with Crippen molar-refractivity contribution in [2.75, 3.05) is 33.9 Å². The first-order valence-electron chi connectivity index (χ1n) is 10.6. The molecule has 0 bridgehead atoms. The second-order valence-corrected chi connectivity index (χ2v) is 7.18. The van der Waals surface area contributed by atoms with Gasteiger partial charge in [0.15, 0.2) is 5.96 Å². The van der Waals surface area contributed by atoms with Crippen molar-refractivity contribution in [3.8, 4) is 17.2 Å². The summed E-state index contributed by atoms with van der Waals surface area (Å²) in [7, 11) is 3.17. The molecule has 0 aliphatic heterocycles. The van der Waals surface area contributed by atoms with Crippen LogP contribution >= 0.6 is 24.0 Å². The number of aliphatic imine (C=N–C) groups is 1. The number of aliphatic hydroxyl groups excluding tert-OH is 1. The van der Waals surface area contributed by atoms with E-state index in [9.17, 15) is 5.11 Å². The maximum atomic E-state index is 10.6. The van der Waals surface area contributed by atoms with Crippen LogP contribution in [0.4, 0.5) is 0 Å². The van der Waals surface area contributed by atoms with Gasteiger partial charge in [0.25, 0.3) is 0 Å². The fourth-order valence-corrected chi connectivity index (χ4v) is 3.21. The Labute approximate surface area is 212 Å². The summed E-state index contributed by atoms with van der Waals surface area (Å²) in [5, 5.41) is 21.4. The number of methoxy groups -OCH3 is 2. The largest absolute Gasteiger partial charge is 0.497 e. The third kappa shape index (κ3) is 7.93. The Balaban J connectivity index is 0.00000385. The van der Waals surface area contributed by atoms with E-state index < -0.39 is 6.10 Å². The summed E-state index contributed by atoms with van der Waals surface area (Å²) in [6.07, 6.45) is 3.76. The third-order valence-electron chi connectivity index (χ3n) is 4.94. The molecule has 0 aliphatic rings. The van der Waals surface area contributed by atoms with Crippen LogP contribution in [0.1, 0.15) is 24.2 Å². The van der Waals surface area contributed by atoms with Crippen molar-refractivity contribution >= 4 is 29.9 Å². The number of aromatic nitrogens is 2. The SMILES string of the molecule is CCNC(=NCC(O)c1cc(OC)cc(OC)c1)NCCc1ccc(-n2cccn2)cc1.I. The molecule has 0 fully saturated rings. The number of hydrogen-bond donors (Lipinski definition) is 3. The normalized spacial score (nSPS) is 11.9. The summed E-state index contributed by atoms with van der Waals surface area (Å²) in [5.74, 6) is 1.92. The molecule has 0 amide bonds. The molecule has 0 saturated carbocycles. The van der Waals surface area contributed by atoms with Crippen LogP contribution in [0.15, 0.2) is 65.9 Å². The van der Waals surface area contributed by atoms with Crippen molar-refractivity contribution in [2.24, 2.45) is 4.99 Å². The van der Waals surface area contributed by atoms with E-state index in [1.807, 2.05) is 23.9 Å². The molecule has 33 heavy (non-hydrogen) atoms. The second kappa shape index (κ2) is 13.7. The monoisotopic (exact) mass is 565 g/mol. The molecule has 9 heteroatoms. The van der Waals surface area contributed by atoms with E-state index in [1.165, 1.54) is 5.56 Å². The third-order valence-corrected chi connectivity index (χ3v) is 4.94. The molecule has 3 aromatic rings. The lowest BCUT2D eigenvalue weighted by atomic mass is 10.1. The van der Waals surface area contributed by atoms with Gasteiger partial charge in [-0.1, -0.05) is 12.1 Å². The summed E-state index contributed by atoms with van der Waals surface area (Å²) < 4.78 is 12.4. The molecule has 8 nitrogen and oxygen atoms in total. The number of ether oxygens (including phenoxy) is 2. The lowest BCUT2D eigenvalue weighted by Gasteiger charge is -2.15. The van der Waals surface area contributed by atoms with E-state index >= 15 is 0 Å². The number of benzene rings is 2. The van der Waals surface area contributed by atoms with Gasteiger partial charge in [-0.05, 0) is 54.8 Å². The minimum Gasteiger partial charge on any atom is -0.497 e. The average molecular weight is 565 g/mol. The van der Waals surface area contributed by atoms with E-state index in [2.05, 4.69) is 45.0 Å². The molecule has 2 aromatic carbocycles. The molecule has 1 unspecified atom stereocenters. The first-order chi connectivity index (χ1) is 15.6. The Hall–Kier alpha value is -2.79. The number of aliphatic hydroxyl groups is 1. The molecule has 0 spiro atoms. The fourth-order valence-electron chi connectivity index (χ4n) is 3.21. The number of guanidine groups is 1. The van der Waals surface area contributed by atoms with Gasteiger partial charge in [-0.3, -0.25) is 4.99 Å². The average Bonchev–Trinajstić information content (AvgIpc) is 3.37. The van der Waals surface area contributed by atoms with Gasteiger partial charge in [0.2, 0.25) is 0 Å². The van der Waals surface area contributed by atoms with Crippen LogP contribution in [0.5, 0.6) is 11.5 Å². The number of nitrogens with one attached hydrogen (secondary N) is 2. The number of halogens is 1. The van der Waals surface area contributed by atoms with Gasteiger partial charge < -0.3 is 25.2 Å². The minimum absolute atomic E-state index is 0. The topological polar surface area (TPSA) is 92.9 Å². The van der Waals surface area contributed by atoms with E-state index in [4.69, 9.17) is 9.47 Å². The molecule has 3 rings (SSSR count). The van der Waals surface area contributed by atoms with Crippen molar-refractivity contribution < 1.29 is 14.6 Å². The highest BCUT2D eigenvalue weighted by atomic mass is 127. The van der Waals surface area contributed by atoms with Crippen LogP contribution in [0, 0.1) is 0 Å². The molecule has 0 radical (unpaired) electrons. The predicted molar refractivity (Wildman–Crippen MR) is 141 cm³/mol. The molecule has 178 valence electrons. The van der Waals surface area contributed by atoms with Gasteiger partial charge in [0.05, 0.1) is 32.6 Å². The zero-order valence-corrected chi connectivity index (χ0v) is 21.5. The molecule has 0 saturated heterocycles. The Morgan fingerprint density at radius 3 is 2.36 bits per heavy atom. The van der Waals surface area contributed by atoms with Crippen LogP contribution in [-0.4, -0.2) is 54.7 Å². The van der Waals surface area contributed by atoms with Gasteiger partial charge in [0, 0.05) is 31.5 Å². The number of nitrogens with zero attached hydrogens (tertiary/aromatic N) is 3. The van der Waals surface area contributed by atoms with Crippen molar-refractivity contribution in [1.29, 1.82) is 0 Å². The van der Waals surface area contributed by atoms with Crippen molar-refractivity contribution in [3.63, 3.8) is 0 Å². The Morgan fingerprint density at radius 1 is 1.09 bits per heavy atom. The highest BCUT2D eigenvalue weighted by Gasteiger charge is 2.11. The van der Waals surface area contributed by atoms with Crippen LogP contribution in [0.2, 0.25) is 0 Å². The Bertz CT molecular complexity index is 972. The predicted octanol–water partition coefficient (Wildman–Crippen LogP) is 3.34. The molecule has 1 atom stereocenters.